The van der Waals surface area contributed by atoms with Gasteiger partial charge in [0.2, 0.25) is 0 Å². The van der Waals surface area contributed by atoms with Crippen LogP contribution in [-0.4, -0.2) is 14.9 Å². The Labute approximate surface area is 157 Å². The van der Waals surface area contributed by atoms with Crippen LogP contribution in [0.15, 0.2) is 73.4 Å². The van der Waals surface area contributed by atoms with Gasteiger partial charge in [-0.25, -0.2) is 4.68 Å². The minimum absolute atomic E-state index is 0.202. The minimum atomic E-state index is -0.766. The van der Waals surface area contributed by atoms with Crippen molar-refractivity contribution in [2.75, 3.05) is 0 Å². The minimum Gasteiger partial charge on any atom is -0.386 e. The van der Waals surface area contributed by atoms with Crippen LogP contribution in [0, 0.1) is 0 Å². The number of allylic oxidation sites excluding steroid dienone is 1. The molecule has 1 N–H and O–H groups in total. The van der Waals surface area contributed by atoms with Crippen LogP contribution in [0.3, 0.4) is 0 Å². The molecule has 1 aromatic heterocycles. The first-order chi connectivity index (χ1) is 12.1. The SMILES string of the molecule is C=CC[C@@H](c1ccc(Cl)c(Cl)c1)[C@H](O)c1ccnn1-c1ccccc1. The van der Waals surface area contributed by atoms with Crippen molar-refractivity contribution in [3.63, 3.8) is 0 Å². The fourth-order valence-electron chi connectivity index (χ4n) is 2.90. The van der Waals surface area contributed by atoms with Crippen LogP contribution in [0.2, 0.25) is 10.0 Å². The fraction of sp³-hybridized carbons (Fsp3) is 0.150. The quantitative estimate of drug-likeness (QED) is 0.574. The summed E-state index contributed by atoms with van der Waals surface area (Å²) < 4.78 is 1.75. The Morgan fingerprint density at radius 2 is 1.84 bits per heavy atom. The molecule has 3 aromatic rings. The lowest BCUT2D eigenvalue weighted by Crippen LogP contribution is -2.15. The van der Waals surface area contributed by atoms with E-state index in [-0.39, 0.29) is 5.92 Å². The van der Waals surface area contributed by atoms with E-state index in [2.05, 4.69) is 11.7 Å². The normalized spacial score (nSPS) is 13.4. The first-order valence-electron chi connectivity index (χ1n) is 7.95. The zero-order chi connectivity index (χ0) is 17.8. The highest BCUT2D eigenvalue weighted by Crippen LogP contribution is 2.37. The van der Waals surface area contributed by atoms with Crippen molar-refractivity contribution in [2.45, 2.75) is 18.4 Å². The van der Waals surface area contributed by atoms with Gasteiger partial charge in [-0.15, -0.1) is 6.58 Å². The van der Waals surface area contributed by atoms with E-state index in [9.17, 15) is 5.11 Å². The Morgan fingerprint density at radius 3 is 2.52 bits per heavy atom. The molecule has 25 heavy (non-hydrogen) atoms. The lowest BCUT2D eigenvalue weighted by molar-refractivity contribution is 0.138. The molecule has 0 unspecified atom stereocenters. The van der Waals surface area contributed by atoms with E-state index in [1.54, 1.807) is 29.1 Å². The zero-order valence-electron chi connectivity index (χ0n) is 13.5. The predicted octanol–water partition coefficient (Wildman–Crippen LogP) is 5.57. The van der Waals surface area contributed by atoms with Crippen molar-refractivity contribution >= 4 is 23.2 Å². The van der Waals surface area contributed by atoms with E-state index < -0.39 is 6.10 Å². The molecule has 128 valence electrons. The summed E-state index contributed by atoms with van der Waals surface area (Å²) in [7, 11) is 0. The van der Waals surface area contributed by atoms with Gasteiger partial charge in [-0.05, 0) is 42.3 Å². The van der Waals surface area contributed by atoms with E-state index in [1.807, 2.05) is 42.5 Å². The summed E-state index contributed by atoms with van der Waals surface area (Å²) in [4.78, 5) is 0. The number of aliphatic hydroxyl groups is 1. The number of nitrogens with zero attached hydrogens (tertiary/aromatic N) is 2. The summed E-state index contributed by atoms with van der Waals surface area (Å²) >= 11 is 12.2. The second kappa shape index (κ2) is 7.87. The van der Waals surface area contributed by atoms with Gasteiger partial charge in [0.25, 0.3) is 0 Å². The Balaban J connectivity index is 1.99. The van der Waals surface area contributed by atoms with Crippen molar-refractivity contribution in [1.29, 1.82) is 0 Å². The molecule has 2 aromatic carbocycles. The molecule has 0 bridgehead atoms. The average molecular weight is 373 g/mol. The predicted molar refractivity (Wildman–Crippen MR) is 103 cm³/mol. The van der Waals surface area contributed by atoms with Gasteiger partial charge in [0, 0.05) is 12.1 Å². The average Bonchev–Trinajstić information content (AvgIpc) is 3.12. The molecule has 0 saturated carbocycles. The van der Waals surface area contributed by atoms with Crippen LogP contribution >= 0.6 is 23.2 Å². The number of halogens is 2. The summed E-state index contributed by atoms with van der Waals surface area (Å²) in [6, 6.07) is 17.0. The second-order valence-electron chi connectivity index (χ2n) is 5.75. The number of hydrogen-bond donors (Lipinski definition) is 1. The van der Waals surface area contributed by atoms with Crippen LogP contribution < -0.4 is 0 Å². The molecular weight excluding hydrogens is 355 g/mol. The maximum Gasteiger partial charge on any atom is 0.103 e. The standard InChI is InChI=1S/C20H18Cl2N2O/c1-2-6-16(14-9-10-17(21)18(22)13-14)20(25)19-11-12-23-24(19)15-7-4-3-5-8-15/h2-5,7-13,16,20,25H,1,6H2/t16-,20-/m0/s1. The largest absolute Gasteiger partial charge is 0.386 e. The van der Waals surface area contributed by atoms with Gasteiger partial charge in [-0.3, -0.25) is 0 Å². The number of benzene rings is 2. The molecule has 0 aliphatic heterocycles. The van der Waals surface area contributed by atoms with Crippen LogP contribution in [0.25, 0.3) is 5.69 Å². The van der Waals surface area contributed by atoms with Crippen molar-refractivity contribution in [3.8, 4) is 5.69 Å². The van der Waals surface area contributed by atoms with Gasteiger partial charge in [0.1, 0.15) is 6.10 Å². The maximum atomic E-state index is 11.1. The Kier molecular flexibility index (Phi) is 5.59. The Morgan fingerprint density at radius 1 is 1.08 bits per heavy atom. The molecule has 3 nitrogen and oxygen atoms in total. The van der Waals surface area contributed by atoms with Gasteiger partial charge < -0.3 is 5.11 Å². The van der Waals surface area contributed by atoms with Crippen molar-refractivity contribution in [1.82, 2.24) is 9.78 Å². The zero-order valence-corrected chi connectivity index (χ0v) is 15.0. The van der Waals surface area contributed by atoms with Gasteiger partial charge in [-0.2, -0.15) is 5.10 Å². The number of aromatic nitrogens is 2. The number of hydrogen-bond acceptors (Lipinski definition) is 2. The summed E-state index contributed by atoms with van der Waals surface area (Å²) in [6.45, 7) is 3.82. The summed E-state index contributed by atoms with van der Waals surface area (Å²) in [5.74, 6) is -0.202. The molecule has 3 rings (SSSR count). The number of rotatable bonds is 6. The molecule has 1 heterocycles. The Bertz CT molecular complexity index is 861. The van der Waals surface area contributed by atoms with Crippen LogP contribution in [0.1, 0.15) is 29.7 Å². The highest BCUT2D eigenvalue weighted by atomic mass is 35.5. The third kappa shape index (κ3) is 3.79. The summed E-state index contributed by atoms with van der Waals surface area (Å²) in [5.41, 5.74) is 2.51. The van der Waals surface area contributed by atoms with E-state index in [0.717, 1.165) is 11.3 Å². The lowest BCUT2D eigenvalue weighted by atomic mass is 9.88. The maximum absolute atomic E-state index is 11.1. The fourth-order valence-corrected chi connectivity index (χ4v) is 3.20. The Hall–Kier alpha value is -2.07. The molecular formula is C20H18Cl2N2O. The highest BCUT2D eigenvalue weighted by molar-refractivity contribution is 6.42. The van der Waals surface area contributed by atoms with Crippen molar-refractivity contribution in [3.05, 3.63) is 94.8 Å². The third-order valence-corrected chi connectivity index (χ3v) is 4.89. The first kappa shape index (κ1) is 17.7. The van der Waals surface area contributed by atoms with Crippen molar-refractivity contribution in [2.24, 2.45) is 0 Å². The molecule has 2 atom stereocenters. The second-order valence-corrected chi connectivity index (χ2v) is 6.57. The van der Waals surface area contributed by atoms with Gasteiger partial charge in [0.05, 0.1) is 21.4 Å². The van der Waals surface area contributed by atoms with E-state index in [4.69, 9.17) is 23.2 Å². The van der Waals surface area contributed by atoms with E-state index in [1.165, 1.54) is 0 Å². The van der Waals surface area contributed by atoms with E-state index >= 15 is 0 Å². The molecule has 0 aliphatic carbocycles. The highest BCUT2D eigenvalue weighted by Gasteiger charge is 2.25. The van der Waals surface area contributed by atoms with Crippen LogP contribution in [-0.2, 0) is 0 Å². The van der Waals surface area contributed by atoms with E-state index in [0.29, 0.717) is 22.2 Å². The van der Waals surface area contributed by atoms with Crippen molar-refractivity contribution < 1.29 is 5.11 Å². The molecule has 0 radical (unpaired) electrons. The summed E-state index contributed by atoms with van der Waals surface area (Å²) in [6.07, 6.45) is 3.31. The van der Waals surface area contributed by atoms with Gasteiger partial charge >= 0.3 is 0 Å². The third-order valence-electron chi connectivity index (χ3n) is 4.15. The molecule has 0 spiro atoms. The first-order valence-corrected chi connectivity index (χ1v) is 8.70. The molecule has 5 heteroatoms. The number of aliphatic hydroxyl groups excluding tert-OH is 1. The molecule has 0 saturated heterocycles. The lowest BCUT2D eigenvalue weighted by Gasteiger charge is -2.23. The monoisotopic (exact) mass is 372 g/mol. The molecule has 0 fully saturated rings. The van der Waals surface area contributed by atoms with Gasteiger partial charge in [0.15, 0.2) is 0 Å². The smallest absolute Gasteiger partial charge is 0.103 e. The molecule has 0 amide bonds. The topological polar surface area (TPSA) is 38.1 Å². The summed E-state index contributed by atoms with van der Waals surface area (Å²) in [5, 5.41) is 16.4. The number of para-hydroxylation sites is 1. The van der Waals surface area contributed by atoms with Gasteiger partial charge in [-0.1, -0.05) is 53.5 Å². The van der Waals surface area contributed by atoms with Crippen LogP contribution in [0.4, 0.5) is 0 Å². The molecule has 0 aliphatic rings. The van der Waals surface area contributed by atoms with Crippen LogP contribution in [0.5, 0.6) is 0 Å².